The van der Waals surface area contributed by atoms with Crippen molar-refractivity contribution >= 4 is 93.3 Å². The van der Waals surface area contributed by atoms with E-state index in [1.54, 1.807) is 105 Å². The van der Waals surface area contributed by atoms with Crippen LogP contribution in [0.15, 0.2) is 146 Å². The number of hydrogen-bond acceptors (Lipinski definition) is 18. The smallest absolute Gasteiger partial charge is 0.245 e. The third-order valence-corrected chi connectivity index (χ3v) is 20.5. The zero-order chi connectivity index (χ0) is 83.8. The number of carbonyl (C=O) groups is 11. The fourth-order valence-electron chi connectivity index (χ4n) is 14.0. The van der Waals surface area contributed by atoms with E-state index in [4.69, 9.17) is 33.2 Å². The van der Waals surface area contributed by atoms with Gasteiger partial charge in [0.1, 0.15) is 60.4 Å². The summed E-state index contributed by atoms with van der Waals surface area (Å²) in [6.07, 6.45) is 0.0699. The quantitative estimate of drug-likeness (QED) is 0.0143. The first-order valence-electron chi connectivity index (χ1n) is 39.3. The van der Waals surface area contributed by atoms with Crippen LogP contribution in [0.25, 0.3) is 10.8 Å². The Kier molecular flexibility index (Phi) is 35.9. The first kappa shape index (κ1) is 90.6. The highest BCUT2D eigenvalue weighted by atomic mass is 35.5. The third kappa shape index (κ3) is 28.8. The Hall–Kier alpha value is -10.9. The van der Waals surface area contributed by atoms with E-state index in [9.17, 15) is 44.1 Å². The van der Waals surface area contributed by atoms with E-state index < -0.39 is 132 Å². The second-order valence-electron chi connectivity index (χ2n) is 29.8. The summed E-state index contributed by atoms with van der Waals surface area (Å²) in [7, 11) is 0. The molecule has 0 unspecified atom stereocenters. The molecule has 8 rings (SSSR count). The van der Waals surface area contributed by atoms with Gasteiger partial charge in [0, 0.05) is 96.4 Å². The number of ether oxygens (including phenoxy) is 1. The van der Waals surface area contributed by atoms with Crippen molar-refractivity contribution in [3.8, 4) is 0 Å². The molecule has 116 heavy (non-hydrogen) atoms. The normalized spacial score (nSPS) is 15.9. The number of hydrogen-bond donors (Lipinski definition) is 16. The molecule has 0 saturated carbocycles. The lowest BCUT2D eigenvalue weighted by atomic mass is 9.97. The molecule has 11 amide bonds. The number of amides is 11. The fraction of sp³-hybridized carbons (Fsp3) is 0.452. The maximum atomic E-state index is 15.6. The van der Waals surface area contributed by atoms with Crippen LogP contribution in [0.3, 0.4) is 0 Å². The number of carbonyl (C=O) groups excluding carboxylic acids is 11. The van der Waals surface area contributed by atoms with E-state index in [2.05, 4.69) is 58.1 Å². The van der Waals surface area contributed by atoms with Crippen molar-refractivity contribution in [2.75, 3.05) is 72.3 Å². The molecule has 0 spiro atoms. The number of aliphatic hydroxyl groups excluding tert-OH is 3. The zero-order valence-corrected chi connectivity index (χ0v) is 66.8. The van der Waals surface area contributed by atoms with Crippen molar-refractivity contribution in [2.45, 2.75) is 165 Å². The predicted octanol–water partition coefficient (Wildman–Crippen LogP) is 0.806. The van der Waals surface area contributed by atoms with Crippen LogP contribution in [0.2, 0.25) is 5.02 Å². The van der Waals surface area contributed by atoms with Gasteiger partial charge in [-0.05, 0) is 107 Å². The topological polar surface area (TPSA) is 464 Å². The lowest BCUT2D eigenvalue weighted by Gasteiger charge is -2.31. The summed E-state index contributed by atoms with van der Waals surface area (Å²) in [5.74, 6) is -9.37. The van der Waals surface area contributed by atoms with Crippen LogP contribution in [0, 0.1) is 11.3 Å². The van der Waals surface area contributed by atoms with Crippen molar-refractivity contribution in [2.24, 2.45) is 17.4 Å². The van der Waals surface area contributed by atoms with Crippen LogP contribution in [-0.4, -0.2) is 234 Å². The van der Waals surface area contributed by atoms with Gasteiger partial charge in [0.2, 0.25) is 65.0 Å². The van der Waals surface area contributed by atoms with Crippen molar-refractivity contribution in [3.05, 3.63) is 190 Å². The summed E-state index contributed by atoms with van der Waals surface area (Å²) in [4.78, 5) is 164. The van der Waals surface area contributed by atoms with Gasteiger partial charge in [0.15, 0.2) is 5.96 Å². The number of rotatable bonds is 44. The van der Waals surface area contributed by atoms with Crippen LogP contribution in [0.4, 0.5) is 0 Å². The van der Waals surface area contributed by atoms with Crippen LogP contribution in [0.1, 0.15) is 98.7 Å². The van der Waals surface area contributed by atoms with Gasteiger partial charge >= 0.3 is 0 Å². The molecule has 6 aromatic rings. The number of halogens is 1. The average Bonchev–Trinajstić information content (AvgIpc) is 1.54. The van der Waals surface area contributed by atoms with E-state index in [0.29, 0.717) is 73.1 Å². The van der Waals surface area contributed by atoms with E-state index in [0.717, 1.165) is 27.5 Å². The Morgan fingerprint density at radius 1 is 0.526 bits per heavy atom. The maximum Gasteiger partial charge on any atom is 0.245 e. The van der Waals surface area contributed by atoms with E-state index >= 15 is 24.0 Å². The molecular formula is C84H111ClN16O15. The maximum absolute atomic E-state index is 15.6. The SMILES string of the molecule is CC(=O)N[C@H](Cc1cccc2ccccc12)C(=O)N[C@H](Cc1ccc(Cl)cc1)C(=O)N[C@H](Cc1ccccc1)C(=O)N[C@@H](CO)C(=O)N[C@@H](Cc1ccc(CN2CCOCC2)cc1)C(=O)N[C@H](Cc1ccc(CN(CCO)CCO)cc1)C(=O)N[C@@H](CC(C)C)C(=O)N[C@@H](CCCNC(=N)N)C(=O)N1CCC[C@H]1C(=O)N[C@H](C)C(N)=O. The molecule has 10 atom stereocenters. The second kappa shape index (κ2) is 46.0. The van der Waals surface area contributed by atoms with Gasteiger partial charge < -0.3 is 89.6 Å². The van der Waals surface area contributed by atoms with Crippen molar-refractivity contribution in [1.82, 2.24) is 67.9 Å². The molecule has 0 bridgehead atoms. The number of nitrogens with two attached hydrogens (primary N) is 2. The molecule has 2 fully saturated rings. The summed E-state index contributed by atoms with van der Waals surface area (Å²) in [5, 5.41) is 68.1. The lowest BCUT2D eigenvalue weighted by Crippen LogP contribution is -2.62. The summed E-state index contributed by atoms with van der Waals surface area (Å²) < 4.78 is 5.57. The highest BCUT2D eigenvalue weighted by Crippen LogP contribution is 2.24. The summed E-state index contributed by atoms with van der Waals surface area (Å²) >= 11 is 6.30. The molecule has 0 aromatic heterocycles. The number of morpholine rings is 1. The van der Waals surface area contributed by atoms with Crippen LogP contribution < -0.4 is 64.6 Å². The number of nitrogens with zero attached hydrogens (tertiary/aromatic N) is 3. The number of benzene rings is 6. The Morgan fingerprint density at radius 2 is 0.983 bits per heavy atom. The monoisotopic (exact) mass is 1620 g/mol. The van der Waals surface area contributed by atoms with Crippen molar-refractivity contribution in [3.63, 3.8) is 0 Å². The predicted molar refractivity (Wildman–Crippen MR) is 437 cm³/mol. The van der Waals surface area contributed by atoms with E-state index in [1.807, 2.05) is 59.5 Å². The van der Waals surface area contributed by atoms with Gasteiger partial charge in [0.05, 0.1) is 33.0 Å². The Morgan fingerprint density at radius 3 is 1.50 bits per heavy atom. The van der Waals surface area contributed by atoms with E-state index in [-0.39, 0.29) is 109 Å². The highest BCUT2D eigenvalue weighted by Gasteiger charge is 2.41. The Labute approximate surface area is 680 Å². The third-order valence-electron chi connectivity index (χ3n) is 20.2. The standard InChI is InChI=1S/C84H111ClN16O15/c1-52(2)43-66(75(107)92-65(19-11-33-89-84(87)88)83(115)101-34-12-20-73(101)82(114)90-53(3)74(86)106)93-76(108)68(45-56-21-25-59(26-22-56)49-99(35-39-102)36-40-103)95-78(110)70(46-57-23-27-60(28-24-57)50-100-37-41-116-42-38-100)97-81(113)72(51-104)98-79(111)67(44-55-13-6-5-7-14-55)94-77(109)69(47-58-29-31-63(85)32-30-58)96-80(112)71(91-54(4)105)48-62-17-10-16-61-15-8-9-18-64(61)62/h5-10,13-18,21-32,52-53,65-73,102-104H,11-12,19-20,33-51H2,1-4H3,(H2,86,106)(H,90,114)(H,91,105)(H,92,107)(H,93,108)(H,94,109)(H,95,110)(H,96,112)(H,97,113)(H,98,111)(H4,87,88,89)/t53-,65+,66+,67-,68-,69-,70+,71-,72+,73+/m1/s1. The Balaban J connectivity index is 1.10. The van der Waals surface area contributed by atoms with Gasteiger partial charge in [-0.25, -0.2) is 0 Å². The first-order valence-corrected chi connectivity index (χ1v) is 39.7. The second-order valence-corrected chi connectivity index (χ2v) is 30.3. The first-order chi connectivity index (χ1) is 55.7. The molecule has 31 nitrogen and oxygen atoms in total. The number of likely N-dealkylation sites (tertiary alicyclic amines) is 1. The van der Waals surface area contributed by atoms with Crippen LogP contribution >= 0.6 is 11.6 Å². The van der Waals surface area contributed by atoms with Crippen molar-refractivity contribution in [1.29, 1.82) is 5.41 Å². The lowest BCUT2D eigenvalue weighted by molar-refractivity contribution is -0.142. The molecule has 32 heteroatoms. The molecule has 2 aliphatic heterocycles. The van der Waals surface area contributed by atoms with Gasteiger partial charge in [-0.1, -0.05) is 159 Å². The highest BCUT2D eigenvalue weighted by molar-refractivity contribution is 6.30. The Bertz CT molecular complexity index is 4280. The molecule has 18 N–H and O–H groups in total. The summed E-state index contributed by atoms with van der Waals surface area (Å²) in [6.45, 7) is 9.13. The average molecular weight is 1620 g/mol. The number of primary amides is 1. The minimum atomic E-state index is -1.82. The zero-order valence-electron chi connectivity index (χ0n) is 66.1. The largest absolute Gasteiger partial charge is 0.395 e. The fourth-order valence-corrected chi connectivity index (χ4v) is 14.1. The van der Waals surface area contributed by atoms with Gasteiger partial charge in [-0.2, -0.15) is 0 Å². The molecular weight excluding hydrogens is 1510 g/mol. The van der Waals surface area contributed by atoms with Gasteiger partial charge in [0.25, 0.3) is 0 Å². The number of nitrogens with one attached hydrogen (secondary N) is 11. The van der Waals surface area contributed by atoms with Crippen LogP contribution in [-0.2, 0) is 103 Å². The molecule has 2 saturated heterocycles. The minimum Gasteiger partial charge on any atom is -0.395 e. The van der Waals surface area contributed by atoms with Crippen molar-refractivity contribution < 1.29 is 72.8 Å². The van der Waals surface area contributed by atoms with E-state index in [1.165, 1.54) is 18.7 Å². The minimum absolute atomic E-state index is 0.00385. The molecule has 0 radical (unpaired) electrons. The number of aliphatic hydroxyl groups is 3. The summed E-state index contributed by atoms with van der Waals surface area (Å²) in [5.41, 5.74) is 15.7. The van der Waals surface area contributed by atoms with Gasteiger partial charge in [-0.3, -0.25) is 67.9 Å². The summed E-state index contributed by atoms with van der Waals surface area (Å²) in [6, 6.07) is 28.8. The molecule has 624 valence electrons. The molecule has 2 aliphatic rings. The van der Waals surface area contributed by atoms with Crippen LogP contribution in [0.5, 0.6) is 0 Å². The number of guanidine groups is 1. The molecule has 6 aromatic carbocycles. The molecule has 2 heterocycles. The number of fused-ring (bicyclic) bond motifs is 1. The molecule has 0 aliphatic carbocycles. The van der Waals surface area contributed by atoms with Gasteiger partial charge in [-0.15, -0.1) is 0 Å².